The van der Waals surface area contributed by atoms with Crippen LogP contribution in [0.1, 0.15) is 0 Å². The highest BCUT2D eigenvalue weighted by atomic mass is 35.5. The molecule has 5 heteroatoms. The number of hydrogen-bond donors (Lipinski definition) is 0. The van der Waals surface area contributed by atoms with Gasteiger partial charge in [-0.15, -0.1) is 36.4 Å². The average Bonchev–Trinajstić information content (AvgIpc) is 2.02. The van der Waals surface area contributed by atoms with Crippen molar-refractivity contribution in [3.05, 3.63) is 25.3 Å². The van der Waals surface area contributed by atoms with Gasteiger partial charge in [-0.3, -0.25) is 0 Å². The summed E-state index contributed by atoms with van der Waals surface area (Å²) < 4.78 is 22.6. The molecule has 0 amide bonds. The van der Waals surface area contributed by atoms with Crippen LogP contribution in [0.3, 0.4) is 0 Å². The van der Waals surface area contributed by atoms with Crippen LogP contribution in [0.2, 0.25) is 0 Å². The summed E-state index contributed by atoms with van der Waals surface area (Å²) in [6.45, 7) is 6.79. The predicted octanol–water partition coefficient (Wildman–Crippen LogP) is 1.99. The predicted molar refractivity (Wildman–Crippen MR) is 58.3 cm³/mol. The number of sulfone groups is 1. The highest BCUT2D eigenvalue weighted by Gasteiger charge is 2.18. The van der Waals surface area contributed by atoms with E-state index < -0.39 is 20.6 Å². The molecule has 2 unspecified atom stereocenters. The molecule has 0 N–H and O–H groups in total. The van der Waals surface area contributed by atoms with E-state index in [0.29, 0.717) is 0 Å². The SMILES string of the molecule is C=CC(Cl)CS(=O)(=O)CC(Cl)C=C. The first kappa shape index (κ1) is 13.0. The van der Waals surface area contributed by atoms with Gasteiger partial charge < -0.3 is 0 Å². The van der Waals surface area contributed by atoms with Gasteiger partial charge in [0.25, 0.3) is 0 Å². The first-order chi connectivity index (χ1) is 5.91. The van der Waals surface area contributed by atoms with Crippen LogP contribution in [0.4, 0.5) is 0 Å². The Labute approximate surface area is 89.1 Å². The van der Waals surface area contributed by atoms with E-state index >= 15 is 0 Å². The molecule has 0 radical (unpaired) electrons. The topological polar surface area (TPSA) is 34.1 Å². The summed E-state index contributed by atoms with van der Waals surface area (Å²) in [5, 5.41) is -1.11. The average molecular weight is 243 g/mol. The zero-order valence-corrected chi connectivity index (χ0v) is 9.45. The van der Waals surface area contributed by atoms with Crippen molar-refractivity contribution in [1.82, 2.24) is 0 Å². The lowest BCUT2D eigenvalue weighted by Gasteiger charge is -2.07. The van der Waals surface area contributed by atoms with Crippen molar-refractivity contribution in [2.75, 3.05) is 11.5 Å². The maximum absolute atomic E-state index is 11.3. The van der Waals surface area contributed by atoms with Crippen LogP contribution in [0.15, 0.2) is 25.3 Å². The first-order valence-corrected chi connectivity index (χ1v) is 6.34. The fourth-order valence-electron chi connectivity index (χ4n) is 0.689. The minimum atomic E-state index is -3.21. The van der Waals surface area contributed by atoms with Gasteiger partial charge in [0.05, 0.1) is 22.3 Å². The van der Waals surface area contributed by atoms with Crippen LogP contribution < -0.4 is 0 Å². The summed E-state index contributed by atoms with van der Waals surface area (Å²) in [4.78, 5) is 0. The number of hydrogen-bond acceptors (Lipinski definition) is 2. The fraction of sp³-hybridized carbons (Fsp3) is 0.500. The monoisotopic (exact) mass is 242 g/mol. The molecule has 0 bridgehead atoms. The Hall–Kier alpha value is 0.01000. The highest BCUT2D eigenvalue weighted by molar-refractivity contribution is 7.91. The van der Waals surface area contributed by atoms with Crippen LogP contribution in [-0.2, 0) is 9.84 Å². The molecule has 13 heavy (non-hydrogen) atoms. The molecule has 0 saturated heterocycles. The third kappa shape index (κ3) is 6.13. The lowest BCUT2D eigenvalue weighted by atomic mass is 10.5. The Bertz CT molecular complexity index is 250. The smallest absolute Gasteiger partial charge is 0.153 e. The molecule has 0 aliphatic carbocycles. The van der Waals surface area contributed by atoms with Crippen molar-refractivity contribution in [3.8, 4) is 0 Å². The van der Waals surface area contributed by atoms with E-state index in [4.69, 9.17) is 23.2 Å². The number of allylic oxidation sites excluding steroid dienone is 2. The van der Waals surface area contributed by atoms with Crippen molar-refractivity contribution >= 4 is 33.0 Å². The Kier molecular flexibility index (Phi) is 5.68. The second-order valence-corrected chi connectivity index (χ2v) is 5.86. The van der Waals surface area contributed by atoms with E-state index in [1.165, 1.54) is 12.2 Å². The first-order valence-electron chi connectivity index (χ1n) is 3.65. The minimum absolute atomic E-state index is 0.130. The van der Waals surface area contributed by atoms with Gasteiger partial charge in [-0.1, -0.05) is 12.2 Å². The van der Waals surface area contributed by atoms with Crippen LogP contribution >= 0.6 is 23.2 Å². The van der Waals surface area contributed by atoms with Crippen molar-refractivity contribution in [2.24, 2.45) is 0 Å². The van der Waals surface area contributed by atoms with Crippen LogP contribution in [0.25, 0.3) is 0 Å². The summed E-state index contributed by atoms with van der Waals surface area (Å²) in [5.41, 5.74) is 0. The molecule has 0 aromatic carbocycles. The van der Waals surface area contributed by atoms with Gasteiger partial charge in [0.1, 0.15) is 0 Å². The maximum atomic E-state index is 11.3. The third-order valence-electron chi connectivity index (χ3n) is 1.34. The standard InChI is InChI=1S/C8H12Cl2O2S/c1-3-7(9)5-13(11,12)6-8(10)4-2/h3-4,7-8H,1-2,5-6H2. The molecule has 0 fully saturated rings. The molecule has 2 nitrogen and oxygen atoms in total. The van der Waals surface area contributed by atoms with Gasteiger partial charge in [-0.05, 0) is 0 Å². The quantitative estimate of drug-likeness (QED) is 0.528. The van der Waals surface area contributed by atoms with E-state index in [9.17, 15) is 8.42 Å². The highest BCUT2D eigenvalue weighted by Crippen LogP contribution is 2.08. The molecule has 0 saturated carbocycles. The fourth-order valence-corrected chi connectivity index (χ4v) is 3.22. The van der Waals surface area contributed by atoms with Crippen molar-refractivity contribution in [3.63, 3.8) is 0 Å². The lowest BCUT2D eigenvalue weighted by molar-refractivity contribution is 0.596. The molecule has 0 aromatic heterocycles. The van der Waals surface area contributed by atoms with E-state index in [1.54, 1.807) is 0 Å². The van der Waals surface area contributed by atoms with Crippen molar-refractivity contribution < 1.29 is 8.42 Å². The van der Waals surface area contributed by atoms with Crippen LogP contribution in [0.5, 0.6) is 0 Å². The normalized spacial score (nSPS) is 16.2. The van der Waals surface area contributed by atoms with Gasteiger partial charge >= 0.3 is 0 Å². The van der Waals surface area contributed by atoms with Gasteiger partial charge in [0.2, 0.25) is 0 Å². The van der Waals surface area contributed by atoms with E-state index in [1.807, 2.05) is 0 Å². The van der Waals surface area contributed by atoms with E-state index in [2.05, 4.69) is 13.2 Å². The zero-order chi connectivity index (χ0) is 10.5. The Morgan fingerprint density at radius 1 is 1.08 bits per heavy atom. The van der Waals surface area contributed by atoms with Crippen LogP contribution in [-0.4, -0.2) is 30.7 Å². The number of rotatable bonds is 6. The molecule has 0 aliphatic rings. The summed E-state index contributed by atoms with van der Waals surface area (Å²) in [6, 6.07) is 0. The maximum Gasteiger partial charge on any atom is 0.153 e. The van der Waals surface area contributed by atoms with Crippen molar-refractivity contribution in [1.29, 1.82) is 0 Å². The number of halogens is 2. The Balaban J connectivity index is 4.24. The summed E-state index contributed by atoms with van der Waals surface area (Å²) in [7, 11) is -3.21. The largest absolute Gasteiger partial charge is 0.229 e. The molecular formula is C8H12Cl2O2S. The molecule has 76 valence electrons. The Morgan fingerprint density at radius 3 is 1.62 bits per heavy atom. The molecule has 0 aromatic rings. The van der Waals surface area contributed by atoms with Crippen LogP contribution in [0, 0.1) is 0 Å². The molecule has 0 aliphatic heterocycles. The van der Waals surface area contributed by atoms with Gasteiger partial charge in [0, 0.05) is 0 Å². The minimum Gasteiger partial charge on any atom is -0.229 e. The zero-order valence-electron chi connectivity index (χ0n) is 7.12. The Morgan fingerprint density at radius 2 is 1.38 bits per heavy atom. The van der Waals surface area contributed by atoms with Gasteiger partial charge in [-0.25, -0.2) is 8.42 Å². The van der Waals surface area contributed by atoms with Gasteiger partial charge in [-0.2, -0.15) is 0 Å². The van der Waals surface area contributed by atoms with E-state index in [-0.39, 0.29) is 11.5 Å². The third-order valence-corrected chi connectivity index (χ3v) is 4.10. The molecule has 2 atom stereocenters. The summed E-state index contributed by atoms with van der Waals surface area (Å²) >= 11 is 11.2. The lowest BCUT2D eigenvalue weighted by Crippen LogP contribution is -2.22. The van der Waals surface area contributed by atoms with Gasteiger partial charge in [0.15, 0.2) is 9.84 Å². The summed E-state index contributed by atoms with van der Waals surface area (Å²) in [6.07, 6.45) is 2.77. The second kappa shape index (κ2) is 5.68. The number of alkyl halides is 2. The summed E-state index contributed by atoms with van der Waals surface area (Å²) in [5.74, 6) is -0.260. The van der Waals surface area contributed by atoms with E-state index in [0.717, 1.165) is 0 Å². The molecule has 0 rings (SSSR count). The second-order valence-electron chi connectivity index (χ2n) is 2.58. The molecule has 0 spiro atoms. The molecule has 0 heterocycles. The molecular weight excluding hydrogens is 231 g/mol. The van der Waals surface area contributed by atoms with Crippen molar-refractivity contribution in [2.45, 2.75) is 10.8 Å².